The van der Waals surface area contributed by atoms with Crippen molar-refractivity contribution in [3.8, 4) is 0 Å². The average molecular weight is 347 g/mol. The fourth-order valence-corrected chi connectivity index (χ4v) is 4.62. The van der Waals surface area contributed by atoms with Crippen LogP contribution in [0.15, 0.2) is 0 Å². The monoisotopic (exact) mass is 346 g/mol. The van der Waals surface area contributed by atoms with Gasteiger partial charge in [0.05, 0.1) is 0 Å². The highest BCUT2D eigenvalue weighted by atomic mass is 19.3. The standard InChI is InChI=1S/C10H20.C8H12F2.2C2H6/c1-4-9-5-7-10(2,3)8-6-9;1-6-2-7(3-6)4-8(9,10)5-7;2*1-2/h9H,4-8H2,1-3H3;6H,2-5H2,1H3;2*1-2H3. The number of hydrogen-bond donors (Lipinski definition) is 0. The highest BCUT2D eigenvalue weighted by molar-refractivity contribution is 5.05. The lowest BCUT2D eigenvalue weighted by atomic mass is 9.51. The van der Waals surface area contributed by atoms with Crippen LogP contribution in [0.1, 0.15) is 113 Å². The van der Waals surface area contributed by atoms with Crippen LogP contribution in [0.2, 0.25) is 0 Å². The fourth-order valence-electron chi connectivity index (χ4n) is 4.62. The highest BCUT2D eigenvalue weighted by Gasteiger charge is 2.60. The number of hydrogen-bond acceptors (Lipinski definition) is 0. The second-order valence-electron chi connectivity index (χ2n) is 8.74. The molecule has 0 nitrogen and oxygen atoms in total. The van der Waals surface area contributed by atoms with Crippen LogP contribution < -0.4 is 0 Å². The van der Waals surface area contributed by atoms with Crippen molar-refractivity contribution in [3.05, 3.63) is 0 Å². The minimum absolute atomic E-state index is 0.100. The summed E-state index contributed by atoms with van der Waals surface area (Å²) in [5.74, 6) is -0.552. The van der Waals surface area contributed by atoms with E-state index in [1.54, 1.807) is 0 Å². The Bertz CT molecular complexity index is 307. The molecular formula is C22H44F2. The molecule has 3 rings (SSSR count). The number of alkyl halides is 2. The summed E-state index contributed by atoms with van der Waals surface area (Å²) in [7, 11) is 0. The van der Waals surface area contributed by atoms with Gasteiger partial charge in [-0.15, -0.1) is 0 Å². The summed E-state index contributed by atoms with van der Waals surface area (Å²) >= 11 is 0. The van der Waals surface area contributed by atoms with Gasteiger partial charge in [-0.2, -0.15) is 0 Å². The number of halogens is 2. The largest absolute Gasteiger partial charge is 0.249 e. The predicted molar refractivity (Wildman–Crippen MR) is 104 cm³/mol. The van der Waals surface area contributed by atoms with Crippen molar-refractivity contribution in [1.82, 2.24) is 0 Å². The van der Waals surface area contributed by atoms with Crippen molar-refractivity contribution in [1.29, 1.82) is 0 Å². The molecule has 24 heavy (non-hydrogen) atoms. The Morgan fingerprint density at radius 2 is 1.29 bits per heavy atom. The third-order valence-corrected chi connectivity index (χ3v) is 5.87. The van der Waals surface area contributed by atoms with Crippen LogP contribution in [0.25, 0.3) is 0 Å². The van der Waals surface area contributed by atoms with Crippen LogP contribution >= 0.6 is 0 Å². The van der Waals surface area contributed by atoms with Gasteiger partial charge in [-0.1, -0.05) is 61.8 Å². The van der Waals surface area contributed by atoms with Gasteiger partial charge >= 0.3 is 0 Å². The quantitative estimate of drug-likeness (QED) is 0.446. The third-order valence-electron chi connectivity index (χ3n) is 5.87. The van der Waals surface area contributed by atoms with Gasteiger partial charge in [0.25, 0.3) is 0 Å². The summed E-state index contributed by atoms with van der Waals surface area (Å²) in [6.45, 7) is 17.3. The van der Waals surface area contributed by atoms with E-state index in [4.69, 9.17) is 0 Å². The van der Waals surface area contributed by atoms with E-state index in [0.717, 1.165) is 18.8 Å². The summed E-state index contributed by atoms with van der Waals surface area (Å²) in [5, 5.41) is 0. The van der Waals surface area contributed by atoms with E-state index in [0.29, 0.717) is 11.3 Å². The molecule has 0 N–H and O–H groups in total. The van der Waals surface area contributed by atoms with Crippen LogP contribution in [0, 0.1) is 22.7 Å². The maximum Gasteiger partial charge on any atom is 0.249 e. The Morgan fingerprint density at radius 1 is 0.875 bits per heavy atom. The molecule has 0 aliphatic heterocycles. The molecule has 3 saturated carbocycles. The maximum absolute atomic E-state index is 12.4. The van der Waals surface area contributed by atoms with Crippen molar-refractivity contribution in [2.45, 2.75) is 119 Å². The van der Waals surface area contributed by atoms with Crippen LogP contribution in [0.5, 0.6) is 0 Å². The molecule has 0 atom stereocenters. The van der Waals surface area contributed by atoms with Gasteiger partial charge in [-0.3, -0.25) is 0 Å². The molecule has 3 fully saturated rings. The van der Waals surface area contributed by atoms with Crippen LogP contribution in [0.4, 0.5) is 8.78 Å². The molecule has 3 aliphatic rings. The van der Waals surface area contributed by atoms with Crippen molar-refractivity contribution in [2.75, 3.05) is 0 Å². The van der Waals surface area contributed by atoms with Crippen molar-refractivity contribution in [2.24, 2.45) is 22.7 Å². The second kappa shape index (κ2) is 10.1. The molecule has 0 aromatic rings. The Hall–Kier alpha value is -0.140. The smallest absolute Gasteiger partial charge is 0.207 e. The molecule has 0 aromatic heterocycles. The van der Waals surface area contributed by atoms with Gasteiger partial charge in [0.2, 0.25) is 5.92 Å². The highest BCUT2D eigenvalue weighted by Crippen LogP contribution is 2.64. The van der Waals surface area contributed by atoms with Crippen LogP contribution in [-0.2, 0) is 0 Å². The Labute approximate surface area is 151 Å². The maximum atomic E-state index is 12.4. The lowest BCUT2D eigenvalue weighted by Crippen LogP contribution is -2.52. The van der Waals surface area contributed by atoms with E-state index in [2.05, 4.69) is 27.7 Å². The summed E-state index contributed by atoms with van der Waals surface area (Å²) in [6.07, 6.45) is 9.68. The second-order valence-corrected chi connectivity index (χ2v) is 8.74. The number of rotatable bonds is 1. The predicted octanol–water partition coefficient (Wildman–Crippen LogP) is 8.50. The van der Waals surface area contributed by atoms with E-state index in [1.807, 2.05) is 27.7 Å². The minimum Gasteiger partial charge on any atom is -0.207 e. The normalized spacial score (nSPS) is 28.5. The van der Waals surface area contributed by atoms with E-state index in [1.165, 1.54) is 32.1 Å². The Morgan fingerprint density at radius 3 is 1.58 bits per heavy atom. The topological polar surface area (TPSA) is 0 Å². The van der Waals surface area contributed by atoms with E-state index in [-0.39, 0.29) is 18.3 Å². The minimum atomic E-state index is -2.31. The summed E-state index contributed by atoms with van der Waals surface area (Å²) in [5.41, 5.74) is 0.759. The lowest BCUT2D eigenvalue weighted by molar-refractivity contribution is -0.204. The molecule has 146 valence electrons. The van der Waals surface area contributed by atoms with Crippen molar-refractivity contribution in [3.63, 3.8) is 0 Å². The van der Waals surface area contributed by atoms with E-state index in [9.17, 15) is 8.78 Å². The zero-order valence-electron chi connectivity index (χ0n) is 17.8. The van der Waals surface area contributed by atoms with Gasteiger partial charge in [0, 0.05) is 12.8 Å². The fraction of sp³-hybridized carbons (Fsp3) is 1.00. The molecule has 0 amide bonds. The van der Waals surface area contributed by atoms with Gasteiger partial charge in [0.1, 0.15) is 0 Å². The first-order valence-corrected chi connectivity index (χ1v) is 10.5. The first-order chi connectivity index (χ1) is 11.2. The van der Waals surface area contributed by atoms with Crippen LogP contribution in [-0.4, -0.2) is 5.92 Å². The van der Waals surface area contributed by atoms with Gasteiger partial charge in [0.15, 0.2) is 0 Å². The summed E-state index contributed by atoms with van der Waals surface area (Å²) in [4.78, 5) is 0. The molecule has 2 heteroatoms. The molecule has 1 spiro atoms. The summed E-state index contributed by atoms with van der Waals surface area (Å²) in [6, 6.07) is 0. The first kappa shape index (κ1) is 23.9. The molecule has 0 aromatic carbocycles. The molecule has 0 bridgehead atoms. The van der Waals surface area contributed by atoms with Gasteiger partial charge in [-0.25, -0.2) is 8.78 Å². The Balaban J connectivity index is 0.000000366. The third kappa shape index (κ3) is 7.40. The van der Waals surface area contributed by atoms with Crippen LogP contribution in [0.3, 0.4) is 0 Å². The van der Waals surface area contributed by atoms with Gasteiger partial charge in [-0.05, 0) is 61.2 Å². The van der Waals surface area contributed by atoms with E-state index < -0.39 is 5.92 Å². The molecule has 3 aliphatic carbocycles. The Kier molecular flexibility index (Phi) is 10.1. The zero-order chi connectivity index (χ0) is 19.0. The molecule has 0 saturated heterocycles. The molecule has 0 heterocycles. The van der Waals surface area contributed by atoms with Crippen molar-refractivity contribution >= 4 is 0 Å². The zero-order valence-corrected chi connectivity index (χ0v) is 17.8. The molecule has 0 unspecified atom stereocenters. The molecular weight excluding hydrogens is 302 g/mol. The SMILES string of the molecule is CC.CC.CC1CC2(C1)CC(F)(F)C2.CCC1CCC(C)(C)CC1. The van der Waals surface area contributed by atoms with E-state index >= 15 is 0 Å². The summed E-state index contributed by atoms with van der Waals surface area (Å²) < 4.78 is 24.8. The van der Waals surface area contributed by atoms with Gasteiger partial charge < -0.3 is 0 Å². The van der Waals surface area contributed by atoms with Crippen molar-refractivity contribution < 1.29 is 8.78 Å². The lowest BCUT2D eigenvalue weighted by Gasteiger charge is -2.56. The average Bonchev–Trinajstić information content (AvgIpc) is 2.49. The first-order valence-electron chi connectivity index (χ1n) is 10.5. The molecule has 0 radical (unpaired) electrons.